The van der Waals surface area contributed by atoms with Crippen LogP contribution in [0.3, 0.4) is 0 Å². The SMILES string of the molecule is Fc1ccc(-n2cc(-c3ccc(C4CNCCO4)cc3)nn2)cc1. The minimum absolute atomic E-state index is 0.0997. The molecule has 4 rings (SSSR count). The van der Waals surface area contributed by atoms with E-state index in [9.17, 15) is 4.39 Å². The molecule has 0 radical (unpaired) electrons. The lowest BCUT2D eigenvalue weighted by atomic mass is 10.0. The summed E-state index contributed by atoms with van der Waals surface area (Å²) in [5, 5.41) is 11.6. The van der Waals surface area contributed by atoms with E-state index in [2.05, 4.69) is 27.8 Å². The van der Waals surface area contributed by atoms with Crippen molar-refractivity contribution >= 4 is 0 Å². The molecule has 1 aliphatic heterocycles. The topological polar surface area (TPSA) is 52.0 Å². The molecule has 0 aliphatic carbocycles. The number of hydrogen-bond acceptors (Lipinski definition) is 4. The first-order valence-corrected chi connectivity index (χ1v) is 7.90. The van der Waals surface area contributed by atoms with Crippen molar-refractivity contribution < 1.29 is 9.13 Å². The van der Waals surface area contributed by atoms with Crippen molar-refractivity contribution in [2.24, 2.45) is 0 Å². The predicted octanol–water partition coefficient (Wildman–Crippen LogP) is 2.73. The summed E-state index contributed by atoms with van der Waals surface area (Å²) in [5.41, 5.74) is 3.68. The number of morpholine rings is 1. The Morgan fingerprint density at radius 1 is 1.08 bits per heavy atom. The molecule has 122 valence electrons. The van der Waals surface area contributed by atoms with Gasteiger partial charge in [0, 0.05) is 18.7 Å². The lowest BCUT2D eigenvalue weighted by Crippen LogP contribution is -2.33. The van der Waals surface area contributed by atoms with E-state index >= 15 is 0 Å². The van der Waals surface area contributed by atoms with Crippen LogP contribution >= 0.6 is 0 Å². The van der Waals surface area contributed by atoms with Crippen molar-refractivity contribution in [3.8, 4) is 16.9 Å². The van der Waals surface area contributed by atoms with Gasteiger partial charge in [0.15, 0.2) is 0 Å². The Balaban J connectivity index is 1.54. The van der Waals surface area contributed by atoms with Gasteiger partial charge >= 0.3 is 0 Å². The molecule has 0 spiro atoms. The average molecular weight is 324 g/mol. The van der Waals surface area contributed by atoms with E-state index in [4.69, 9.17) is 4.74 Å². The first-order chi connectivity index (χ1) is 11.8. The highest BCUT2D eigenvalue weighted by molar-refractivity contribution is 5.58. The Hall–Kier alpha value is -2.57. The summed E-state index contributed by atoms with van der Waals surface area (Å²) in [6, 6.07) is 14.3. The van der Waals surface area contributed by atoms with Gasteiger partial charge in [-0.3, -0.25) is 0 Å². The normalized spacial score (nSPS) is 17.8. The molecule has 0 bridgehead atoms. The van der Waals surface area contributed by atoms with Gasteiger partial charge in [-0.25, -0.2) is 9.07 Å². The van der Waals surface area contributed by atoms with E-state index in [1.807, 2.05) is 18.3 Å². The summed E-state index contributed by atoms with van der Waals surface area (Å²) in [4.78, 5) is 0. The monoisotopic (exact) mass is 324 g/mol. The molecule has 0 amide bonds. The van der Waals surface area contributed by atoms with E-state index in [0.717, 1.165) is 42.2 Å². The Bertz CT molecular complexity index is 808. The third-order valence-corrected chi connectivity index (χ3v) is 4.09. The standard InChI is InChI=1S/C18H17FN4O/c19-15-5-7-16(8-6-15)23-12-17(21-22-23)13-1-3-14(4-2-13)18-11-20-9-10-24-18/h1-8,12,18,20H,9-11H2. The van der Waals surface area contributed by atoms with E-state index in [-0.39, 0.29) is 11.9 Å². The fourth-order valence-electron chi connectivity index (χ4n) is 2.76. The van der Waals surface area contributed by atoms with Crippen LogP contribution in [0, 0.1) is 5.82 Å². The summed E-state index contributed by atoms with van der Waals surface area (Å²) in [5.74, 6) is -0.269. The smallest absolute Gasteiger partial charge is 0.123 e. The highest BCUT2D eigenvalue weighted by Gasteiger charge is 2.15. The van der Waals surface area contributed by atoms with E-state index in [0.29, 0.717) is 0 Å². The lowest BCUT2D eigenvalue weighted by Gasteiger charge is -2.23. The van der Waals surface area contributed by atoms with Crippen LogP contribution in [-0.4, -0.2) is 34.7 Å². The van der Waals surface area contributed by atoms with Gasteiger partial charge < -0.3 is 10.1 Å². The van der Waals surface area contributed by atoms with Gasteiger partial charge in [-0.1, -0.05) is 29.5 Å². The Kier molecular flexibility index (Phi) is 4.06. The van der Waals surface area contributed by atoms with Gasteiger partial charge in [-0.05, 0) is 29.8 Å². The number of nitrogens with one attached hydrogen (secondary N) is 1. The van der Waals surface area contributed by atoms with Crippen molar-refractivity contribution in [2.45, 2.75) is 6.10 Å². The zero-order valence-corrected chi connectivity index (χ0v) is 13.0. The number of rotatable bonds is 3. The summed E-state index contributed by atoms with van der Waals surface area (Å²) in [7, 11) is 0. The van der Waals surface area contributed by atoms with Crippen LogP contribution in [0.4, 0.5) is 4.39 Å². The van der Waals surface area contributed by atoms with Crippen molar-refractivity contribution in [1.82, 2.24) is 20.3 Å². The second kappa shape index (κ2) is 6.51. The van der Waals surface area contributed by atoms with Crippen LogP contribution in [0.5, 0.6) is 0 Å². The van der Waals surface area contributed by atoms with Gasteiger partial charge in [-0.15, -0.1) is 5.10 Å². The molecule has 24 heavy (non-hydrogen) atoms. The molecular formula is C18H17FN4O. The zero-order chi connectivity index (χ0) is 16.4. The number of benzene rings is 2. The Morgan fingerprint density at radius 2 is 1.88 bits per heavy atom. The van der Waals surface area contributed by atoms with Crippen LogP contribution in [0.15, 0.2) is 54.7 Å². The minimum atomic E-state index is -0.269. The van der Waals surface area contributed by atoms with Gasteiger partial charge in [-0.2, -0.15) is 0 Å². The van der Waals surface area contributed by atoms with Crippen LogP contribution in [0.2, 0.25) is 0 Å². The lowest BCUT2D eigenvalue weighted by molar-refractivity contribution is 0.0277. The fourth-order valence-corrected chi connectivity index (χ4v) is 2.76. The van der Waals surface area contributed by atoms with E-state index in [1.54, 1.807) is 16.8 Å². The van der Waals surface area contributed by atoms with Gasteiger partial charge in [0.1, 0.15) is 11.5 Å². The van der Waals surface area contributed by atoms with Crippen molar-refractivity contribution in [1.29, 1.82) is 0 Å². The van der Waals surface area contributed by atoms with E-state index in [1.165, 1.54) is 12.1 Å². The molecule has 1 atom stereocenters. The second-order valence-electron chi connectivity index (χ2n) is 5.71. The van der Waals surface area contributed by atoms with Crippen molar-refractivity contribution in [2.75, 3.05) is 19.7 Å². The Morgan fingerprint density at radius 3 is 2.58 bits per heavy atom. The van der Waals surface area contributed by atoms with Crippen molar-refractivity contribution in [3.63, 3.8) is 0 Å². The van der Waals surface area contributed by atoms with Crippen LogP contribution in [0.1, 0.15) is 11.7 Å². The number of aromatic nitrogens is 3. The second-order valence-corrected chi connectivity index (χ2v) is 5.71. The maximum Gasteiger partial charge on any atom is 0.123 e. The van der Waals surface area contributed by atoms with E-state index < -0.39 is 0 Å². The number of hydrogen-bond donors (Lipinski definition) is 1. The molecule has 1 aliphatic rings. The maximum absolute atomic E-state index is 13.0. The summed E-state index contributed by atoms with van der Waals surface area (Å²) < 4.78 is 20.4. The molecule has 1 N–H and O–H groups in total. The van der Waals surface area contributed by atoms with Gasteiger partial charge in [0.25, 0.3) is 0 Å². The maximum atomic E-state index is 13.0. The molecule has 5 nitrogen and oxygen atoms in total. The minimum Gasteiger partial charge on any atom is -0.371 e. The molecule has 0 saturated carbocycles. The van der Waals surface area contributed by atoms with Crippen LogP contribution < -0.4 is 5.32 Å². The molecule has 1 aromatic heterocycles. The highest BCUT2D eigenvalue weighted by atomic mass is 19.1. The summed E-state index contributed by atoms with van der Waals surface area (Å²) in [6.07, 6.45) is 1.93. The third-order valence-electron chi connectivity index (χ3n) is 4.09. The predicted molar refractivity (Wildman–Crippen MR) is 88.3 cm³/mol. The van der Waals surface area contributed by atoms with Crippen LogP contribution in [-0.2, 0) is 4.74 Å². The van der Waals surface area contributed by atoms with Crippen molar-refractivity contribution in [3.05, 3.63) is 66.1 Å². The number of ether oxygens (including phenoxy) is 1. The molecule has 2 aromatic carbocycles. The fraction of sp³-hybridized carbons (Fsp3) is 0.222. The first kappa shape index (κ1) is 15.0. The average Bonchev–Trinajstić information content (AvgIpc) is 3.13. The third kappa shape index (κ3) is 3.06. The van der Waals surface area contributed by atoms with Gasteiger partial charge in [0.2, 0.25) is 0 Å². The Labute approximate surface area is 139 Å². The largest absolute Gasteiger partial charge is 0.371 e. The molecule has 2 heterocycles. The quantitative estimate of drug-likeness (QED) is 0.805. The van der Waals surface area contributed by atoms with Crippen LogP contribution in [0.25, 0.3) is 16.9 Å². The number of halogens is 1. The van der Waals surface area contributed by atoms with Gasteiger partial charge in [0.05, 0.1) is 24.6 Å². The highest BCUT2D eigenvalue weighted by Crippen LogP contribution is 2.23. The first-order valence-electron chi connectivity index (χ1n) is 7.90. The molecule has 1 unspecified atom stereocenters. The zero-order valence-electron chi connectivity index (χ0n) is 13.0. The molecule has 1 fully saturated rings. The summed E-state index contributed by atoms with van der Waals surface area (Å²) in [6.45, 7) is 2.47. The molecule has 3 aromatic rings. The molecule has 6 heteroatoms. The number of nitrogens with zero attached hydrogens (tertiary/aromatic N) is 3. The molecular weight excluding hydrogens is 307 g/mol. The summed E-state index contributed by atoms with van der Waals surface area (Å²) >= 11 is 0. The molecule has 1 saturated heterocycles.